The molecule has 14 heavy (non-hydrogen) atoms. The highest BCUT2D eigenvalue weighted by Crippen LogP contribution is 2.22. The van der Waals surface area contributed by atoms with Crippen molar-refractivity contribution in [3.05, 3.63) is 28.8 Å². The first kappa shape index (κ1) is 10.7. The second-order valence-corrected chi connectivity index (χ2v) is 3.31. The van der Waals surface area contributed by atoms with Gasteiger partial charge < -0.3 is 9.84 Å². The lowest BCUT2D eigenvalue weighted by atomic mass is 10.0. The lowest BCUT2D eigenvalue weighted by Gasteiger charge is -2.06. The summed E-state index contributed by atoms with van der Waals surface area (Å²) in [4.78, 5) is 11.4. The summed E-state index contributed by atoms with van der Waals surface area (Å²) in [5, 5.41) is 9.54. The van der Waals surface area contributed by atoms with Crippen LogP contribution in [-0.4, -0.2) is 24.6 Å². The second-order valence-electron chi connectivity index (χ2n) is 3.31. The Morgan fingerprint density at radius 1 is 1.36 bits per heavy atom. The standard InChI is InChI=1S/C11H14O3/c1-7-4-9(11(13)6-14-3)10(12)5-8(7)2/h4-5,12H,6H2,1-3H3. The summed E-state index contributed by atoms with van der Waals surface area (Å²) in [5.74, 6) is -0.178. The average Bonchev–Trinajstić information content (AvgIpc) is 2.11. The van der Waals surface area contributed by atoms with Crippen molar-refractivity contribution < 1.29 is 14.6 Å². The van der Waals surface area contributed by atoms with E-state index in [2.05, 4.69) is 0 Å². The predicted molar refractivity (Wildman–Crippen MR) is 53.8 cm³/mol. The van der Waals surface area contributed by atoms with Crippen LogP contribution in [-0.2, 0) is 4.74 Å². The second kappa shape index (κ2) is 4.24. The maximum absolute atomic E-state index is 11.4. The summed E-state index contributed by atoms with van der Waals surface area (Å²) in [6.45, 7) is 3.79. The van der Waals surface area contributed by atoms with Gasteiger partial charge in [-0.2, -0.15) is 0 Å². The number of hydrogen-bond acceptors (Lipinski definition) is 3. The minimum atomic E-state index is -0.201. The molecule has 1 aromatic rings. The quantitative estimate of drug-likeness (QED) is 0.747. The van der Waals surface area contributed by atoms with Crippen LogP contribution in [0.3, 0.4) is 0 Å². The number of aryl methyl sites for hydroxylation is 2. The molecular weight excluding hydrogens is 180 g/mol. The molecule has 0 aromatic heterocycles. The Kier molecular flexibility index (Phi) is 3.25. The van der Waals surface area contributed by atoms with Gasteiger partial charge in [-0.25, -0.2) is 0 Å². The fraction of sp³-hybridized carbons (Fsp3) is 0.364. The van der Waals surface area contributed by atoms with Gasteiger partial charge in [-0.05, 0) is 37.1 Å². The monoisotopic (exact) mass is 194 g/mol. The predicted octanol–water partition coefficient (Wildman–Crippen LogP) is 1.84. The molecular formula is C11H14O3. The number of Topliss-reactive ketones (excluding diaryl/α,β-unsaturated/α-hetero) is 1. The number of phenols is 1. The van der Waals surface area contributed by atoms with Crippen LogP contribution in [0.5, 0.6) is 5.75 Å². The molecule has 3 nitrogen and oxygen atoms in total. The molecule has 1 aromatic carbocycles. The minimum Gasteiger partial charge on any atom is -0.507 e. The molecule has 0 aliphatic heterocycles. The normalized spacial score (nSPS) is 10.2. The Labute approximate surface area is 83.3 Å². The number of methoxy groups -OCH3 is 1. The largest absolute Gasteiger partial charge is 0.507 e. The number of ketones is 1. The van der Waals surface area contributed by atoms with Crippen molar-refractivity contribution in [3.63, 3.8) is 0 Å². The summed E-state index contributed by atoms with van der Waals surface area (Å²) < 4.78 is 4.72. The number of benzene rings is 1. The minimum absolute atomic E-state index is 0.00391. The Morgan fingerprint density at radius 2 is 1.93 bits per heavy atom. The Morgan fingerprint density at radius 3 is 2.50 bits per heavy atom. The molecule has 0 amide bonds. The zero-order valence-electron chi connectivity index (χ0n) is 8.63. The molecule has 0 spiro atoms. The van der Waals surface area contributed by atoms with E-state index in [4.69, 9.17) is 4.74 Å². The van der Waals surface area contributed by atoms with Crippen LogP contribution in [0, 0.1) is 13.8 Å². The van der Waals surface area contributed by atoms with Crippen LogP contribution < -0.4 is 0 Å². The zero-order chi connectivity index (χ0) is 10.7. The molecule has 0 saturated carbocycles. The van der Waals surface area contributed by atoms with Gasteiger partial charge >= 0.3 is 0 Å². The van der Waals surface area contributed by atoms with Crippen LogP contribution in [0.15, 0.2) is 12.1 Å². The van der Waals surface area contributed by atoms with Crippen molar-refractivity contribution in [2.45, 2.75) is 13.8 Å². The van der Waals surface area contributed by atoms with E-state index in [9.17, 15) is 9.90 Å². The summed E-state index contributed by atoms with van der Waals surface area (Å²) in [7, 11) is 1.45. The van der Waals surface area contributed by atoms with E-state index >= 15 is 0 Å². The first-order valence-corrected chi connectivity index (χ1v) is 4.38. The molecule has 76 valence electrons. The lowest BCUT2D eigenvalue weighted by Crippen LogP contribution is -2.07. The van der Waals surface area contributed by atoms with E-state index in [1.807, 2.05) is 13.8 Å². The maximum Gasteiger partial charge on any atom is 0.192 e. The van der Waals surface area contributed by atoms with Gasteiger partial charge in [0.2, 0.25) is 0 Å². The number of rotatable bonds is 3. The van der Waals surface area contributed by atoms with Gasteiger partial charge in [-0.15, -0.1) is 0 Å². The highest BCUT2D eigenvalue weighted by Gasteiger charge is 2.11. The van der Waals surface area contributed by atoms with Gasteiger partial charge in [0, 0.05) is 7.11 Å². The number of aromatic hydroxyl groups is 1. The Hall–Kier alpha value is -1.35. The molecule has 0 aliphatic carbocycles. The van der Waals surface area contributed by atoms with Crippen molar-refractivity contribution in [2.24, 2.45) is 0 Å². The number of carbonyl (C=O) groups is 1. The van der Waals surface area contributed by atoms with Crippen LogP contribution in [0.4, 0.5) is 0 Å². The van der Waals surface area contributed by atoms with E-state index in [0.717, 1.165) is 11.1 Å². The topological polar surface area (TPSA) is 46.5 Å². The molecule has 0 aliphatic rings. The third kappa shape index (κ3) is 2.12. The number of hydrogen-bond donors (Lipinski definition) is 1. The van der Waals surface area contributed by atoms with E-state index in [1.54, 1.807) is 12.1 Å². The highest BCUT2D eigenvalue weighted by atomic mass is 16.5. The first-order valence-electron chi connectivity index (χ1n) is 4.38. The highest BCUT2D eigenvalue weighted by molar-refractivity contribution is 5.99. The Bertz CT molecular complexity index is 356. The van der Waals surface area contributed by atoms with Crippen molar-refractivity contribution in [2.75, 3.05) is 13.7 Å². The molecule has 0 atom stereocenters. The fourth-order valence-electron chi connectivity index (χ4n) is 1.23. The molecule has 0 fully saturated rings. The van der Waals surface area contributed by atoms with Gasteiger partial charge in [0.25, 0.3) is 0 Å². The molecule has 0 heterocycles. The summed E-state index contributed by atoms with van der Waals surface area (Å²) in [6.07, 6.45) is 0. The van der Waals surface area contributed by atoms with Crippen LogP contribution >= 0.6 is 0 Å². The van der Waals surface area contributed by atoms with Crippen molar-refractivity contribution >= 4 is 5.78 Å². The van der Waals surface area contributed by atoms with Crippen molar-refractivity contribution in [1.29, 1.82) is 0 Å². The summed E-state index contributed by atoms with van der Waals surface area (Å²) in [6, 6.07) is 3.28. The van der Waals surface area contributed by atoms with Crippen LogP contribution in [0.1, 0.15) is 21.5 Å². The van der Waals surface area contributed by atoms with Gasteiger partial charge in [0.1, 0.15) is 12.4 Å². The molecule has 3 heteroatoms. The molecule has 1 rings (SSSR count). The lowest BCUT2D eigenvalue weighted by molar-refractivity contribution is 0.0845. The molecule has 0 radical (unpaired) electrons. The number of ether oxygens (including phenoxy) is 1. The van der Waals surface area contributed by atoms with E-state index < -0.39 is 0 Å². The third-order valence-corrected chi connectivity index (χ3v) is 2.19. The van der Waals surface area contributed by atoms with Crippen LogP contribution in [0.25, 0.3) is 0 Å². The SMILES string of the molecule is COCC(=O)c1cc(C)c(C)cc1O. The Balaban J connectivity index is 3.09. The van der Waals surface area contributed by atoms with Crippen molar-refractivity contribution in [1.82, 2.24) is 0 Å². The van der Waals surface area contributed by atoms with E-state index in [0.29, 0.717) is 5.56 Å². The van der Waals surface area contributed by atoms with Gasteiger partial charge in [-0.3, -0.25) is 4.79 Å². The number of phenolic OH excluding ortho intramolecular Hbond substituents is 1. The maximum atomic E-state index is 11.4. The van der Waals surface area contributed by atoms with Gasteiger partial charge in [-0.1, -0.05) is 0 Å². The molecule has 0 unspecified atom stereocenters. The first-order chi connectivity index (χ1) is 6.56. The third-order valence-electron chi connectivity index (χ3n) is 2.19. The molecule has 0 saturated heterocycles. The summed E-state index contributed by atoms with van der Waals surface area (Å²) in [5.41, 5.74) is 2.29. The average molecular weight is 194 g/mol. The van der Waals surface area contributed by atoms with Gasteiger partial charge in [0.05, 0.1) is 5.56 Å². The zero-order valence-corrected chi connectivity index (χ0v) is 8.63. The number of carbonyl (C=O) groups excluding carboxylic acids is 1. The van der Waals surface area contributed by atoms with E-state index in [-0.39, 0.29) is 18.1 Å². The van der Waals surface area contributed by atoms with Gasteiger partial charge in [0.15, 0.2) is 5.78 Å². The van der Waals surface area contributed by atoms with E-state index in [1.165, 1.54) is 7.11 Å². The smallest absolute Gasteiger partial charge is 0.192 e. The summed E-state index contributed by atoms with van der Waals surface area (Å²) >= 11 is 0. The van der Waals surface area contributed by atoms with Crippen LogP contribution in [0.2, 0.25) is 0 Å². The molecule has 1 N–H and O–H groups in total. The van der Waals surface area contributed by atoms with Crippen molar-refractivity contribution in [3.8, 4) is 5.75 Å². The molecule has 0 bridgehead atoms. The fourth-order valence-corrected chi connectivity index (χ4v) is 1.23.